The zero-order chi connectivity index (χ0) is 14.7. The predicted octanol–water partition coefficient (Wildman–Crippen LogP) is 4.64. The fourth-order valence-corrected chi connectivity index (χ4v) is 2.23. The van der Waals surface area contributed by atoms with Crippen LogP contribution in [0.1, 0.15) is 11.4 Å². The third kappa shape index (κ3) is 3.73. The second-order valence-corrected chi connectivity index (χ2v) is 5.33. The van der Waals surface area contributed by atoms with E-state index in [9.17, 15) is 0 Å². The van der Waals surface area contributed by atoms with Gasteiger partial charge in [0, 0.05) is 18.2 Å². The van der Waals surface area contributed by atoms with Gasteiger partial charge in [0.1, 0.15) is 17.6 Å². The lowest BCUT2D eigenvalue weighted by Crippen LogP contribution is -2.02. The quantitative estimate of drug-likeness (QED) is 0.829. The van der Waals surface area contributed by atoms with Gasteiger partial charge in [0.15, 0.2) is 5.82 Å². The summed E-state index contributed by atoms with van der Waals surface area (Å²) >= 11 is 18.2. The number of anilines is 2. The summed E-state index contributed by atoms with van der Waals surface area (Å²) in [7, 11) is 1.56. The normalized spacial score (nSPS) is 10.7. The highest BCUT2D eigenvalue weighted by Gasteiger charge is 2.08. The van der Waals surface area contributed by atoms with Crippen LogP contribution in [-0.4, -0.2) is 17.1 Å². The molecule has 0 aliphatic carbocycles. The molecule has 0 amide bonds. The summed E-state index contributed by atoms with van der Waals surface area (Å²) in [5.41, 5.74) is 1.56. The number of aromatic nitrogens is 2. The van der Waals surface area contributed by atoms with Gasteiger partial charge in [0.2, 0.25) is 0 Å². The van der Waals surface area contributed by atoms with E-state index in [1.165, 1.54) is 0 Å². The molecule has 1 aromatic heterocycles. The highest BCUT2D eigenvalue weighted by atomic mass is 35.5. The molecule has 0 bridgehead atoms. The van der Waals surface area contributed by atoms with E-state index < -0.39 is 0 Å². The fourth-order valence-electron chi connectivity index (χ4n) is 1.60. The summed E-state index contributed by atoms with van der Waals surface area (Å²) < 4.78 is 4.99. The smallest absolute Gasteiger partial charge is 0.158 e. The molecule has 0 aliphatic rings. The Morgan fingerprint density at radius 1 is 1.10 bits per heavy atom. The molecule has 0 saturated carbocycles. The third-order valence-electron chi connectivity index (χ3n) is 2.53. The third-order valence-corrected chi connectivity index (χ3v) is 3.44. The molecule has 2 rings (SSSR count). The molecule has 0 spiro atoms. The van der Waals surface area contributed by atoms with Crippen molar-refractivity contribution in [2.75, 3.05) is 12.4 Å². The lowest BCUT2D eigenvalue weighted by atomic mass is 10.2. The number of methoxy groups -OCH3 is 1. The van der Waals surface area contributed by atoms with Crippen molar-refractivity contribution in [1.29, 1.82) is 0 Å². The van der Waals surface area contributed by atoms with Gasteiger partial charge in [0.05, 0.1) is 10.7 Å². The topological polar surface area (TPSA) is 47.0 Å². The summed E-state index contributed by atoms with van der Waals surface area (Å²) in [6.45, 7) is 2.16. The molecule has 0 unspecified atom stereocenters. The van der Waals surface area contributed by atoms with E-state index >= 15 is 0 Å². The zero-order valence-electron chi connectivity index (χ0n) is 10.9. The van der Waals surface area contributed by atoms with Gasteiger partial charge in [0.25, 0.3) is 0 Å². The Bertz CT molecular complexity index is 634. The molecule has 20 heavy (non-hydrogen) atoms. The van der Waals surface area contributed by atoms with Crippen molar-refractivity contribution in [2.24, 2.45) is 0 Å². The molecule has 0 fully saturated rings. The fraction of sp³-hybridized carbons (Fsp3) is 0.231. The standard InChI is InChI=1S/C13H12Cl3N3O/c1-7-3-9(15)10(4-8(7)14)17-12-5-11(16)18-13(19-12)6-20-2/h3-5H,6H2,1-2H3,(H,17,18,19). The molecule has 106 valence electrons. The van der Waals surface area contributed by atoms with Crippen molar-refractivity contribution in [2.45, 2.75) is 13.5 Å². The molecule has 1 aromatic carbocycles. The zero-order valence-corrected chi connectivity index (χ0v) is 13.1. The molecule has 0 aliphatic heterocycles. The van der Waals surface area contributed by atoms with E-state index in [0.29, 0.717) is 32.5 Å². The van der Waals surface area contributed by atoms with Crippen LogP contribution in [0.2, 0.25) is 15.2 Å². The van der Waals surface area contributed by atoms with Gasteiger partial charge < -0.3 is 10.1 Å². The van der Waals surface area contributed by atoms with Crippen LogP contribution in [0.5, 0.6) is 0 Å². The lowest BCUT2D eigenvalue weighted by Gasteiger charge is -2.11. The molecule has 2 aromatic rings. The summed E-state index contributed by atoms with van der Waals surface area (Å²) in [5, 5.41) is 4.57. The highest BCUT2D eigenvalue weighted by molar-refractivity contribution is 6.36. The van der Waals surface area contributed by atoms with Gasteiger partial charge in [-0.1, -0.05) is 34.8 Å². The van der Waals surface area contributed by atoms with E-state index in [1.54, 1.807) is 25.3 Å². The van der Waals surface area contributed by atoms with Crippen molar-refractivity contribution in [3.63, 3.8) is 0 Å². The Kier molecular flexibility index (Phi) is 5.05. The number of rotatable bonds is 4. The largest absolute Gasteiger partial charge is 0.377 e. The number of hydrogen-bond donors (Lipinski definition) is 1. The minimum atomic E-state index is 0.275. The van der Waals surface area contributed by atoms with Crippen LogP contribution in [0.25, 0.3) is 0 Å². The van der Waals surface area contributed by atoms with Crippen molar-refractivity contribution < 1.29 is 4.74 Å². The number of nitrogens with zero attached hydrogens (tertiary/aromatic N) is 2. The second-order valence-electron chi connectivity index (χ2n) is 4.13. The van der Waals surface area contributed by atoms with Gasteiger partial charge in [-0.05, 0) is 24.6 Å². The number of benzene rings is 1. The van der Waals surface area contributed by atoms with Gasteiger partial charge in [-0.15, -0.1) is 0 Å². The van der Waals surface area contributed by atoms with E-state index in [4.69, 9.17) is 39.5 Å². The van der Waals surface area contributed by atoms with Crippen LogP contribution in [0, 0.1) is 6.92 Å². The van der Waals surface area contributed by atoms with Crippen molar-refractivity contribution in [3.05, 3.63) is 44.8 Å². The van der Waals surface area contributed by atoms with Gasteiger partial charge >= 0.3 is 0 Å². The van der Waals surface area contributed by atoms with E-state index in [1.807, 2.05) is 6.92 Å². The maximum Gasteiger partial charge on any atom is 0.158 e. The Hall–Kier alpha value is -1.07. The van der Waals surface area contributed by atoms with Gasteiger partial charge in [-0.2, -0.15) is 0 Å². The van der Waals surface area contributed by atoms with Crippen molar-refractivity contribution in [1.82, 2.24) is 9.97 Å². The Balaban J connectivity index is 2.32. The minimum absolute atomic E-state index is 0.275. The first-order valence-corrected chi connectivity index (χ1v) is 6.88. The predicted molar refractivity (Wildman–Crippen MR) is 82.2 cm³/mol. The lowest BCUT2D eigenvalue weighted by molar-refractivity contribution is 0.178. The molecule has 4 nitrogen and oxygen atoms in total. The van der Waals surface area contributed by atoms with Crippen LogP contribution in [0.3, 0.4) is 0 Å². The van der Waals surface area contributed by atoms with Crippen molar-refractivity contribution in [3.8, 4) is 0 Å². The van der Waals surface area contributed by atoms with Crippen LogP contribution in [-0.2, 0) is 11.3 Å². The average Bonchev–Trinajstić information content (AvgIpc) is 2.35. The van der Waals surface area contributed by atoms with Crippen LogP contribution in [0.15, 0.2) is 18.2 Å². The number of ether oxygens (including phenoxy) is 1. The monoisotopic (exact) mass is 331 g/mol. The molecule has 1 N–H and O–H groups in total. The first-order chi connectivity index (χ1) is 9.49. The Labute approximate surface area is 132 Å². The maximum absolute atomic E-state index is 6.17. The summed E-state index contributed by atoms with van der Waals surface area (Å²) in [6, 6.07) is 5.13. The van der Waals surface area contributed by atoms with Crippen LogP contribution < -0.4 is 5.32 Å². The minimum Gasteiger partial charge on any atom is -0.377 e. The molecular formula is C13H12Cl3N3O. The van der Waals surface area contributed by atoms with Crippen LogP contribution >= 0.6 is 34.8 Å². The number of nitrogens with one attached hydrogen (secondary N) is 1. The van der Waals surface area contributed by atoms with Crippen LogP contribution in [0.4, 0.5) is 11.5 Å². The number of halogens is 3. The van der Waals surface area contributed by atoms with E-state index in [0.717, 1.165) is 5.56 Å². The first kappa shape index (κ1) is 15.3. The Morgan fingerprint density at radius 2 is 1.85 bits per heavy atom. The van der Waals surface area contributed by atoms with Gasteiger partial charge in [-0.25, -0.2) is 9.97 Å². The Morgan fingerprint density at radius 3 is 2.55 bits per heavy atom. The number of hydrogen-bond acceptors (Lipinski definition) is 4. The average molecular weight is 333 g/mol. The molecule has 0 atom stereocenters. The number of aryl methyl sites for hydroxylation is 1. The molecule has 0 radical (unpaired) electrons. The maximum atomic E-state index is 6.17. The molecule has 1 heterocycles. The summed E-state index contributed by atoms with van der Waals surface area (Å²) in [4.78, 5) is 8.33. The van der Waals surface area contributed by atoms with E-state index in [2.05, 4.69) is 15.3 Å². The summed E-state index contributed by atoms with van der Waals surface area (Å²) in [6.07, 6.45) is 0. The van der Waals surface area contributed by atoms with Crippen molar-refractivity contribution >= 4 is 46.3 Å². The van der Waals surface area contributed by atoms with E-state index in [-0.39, 0.29) is 6.61 Å². The second kappa shape index (κ2) is 6.59. The molecule has 7 heteroatoms. The summed E-state index contributed by atoms with van der Waals surface area (Å²) in [5.74, 6) is 1.01. The molecule has 0 saturated heterocycles. The first-order valence-electron chi connectivity index (χ1n) is 5.74. The SMILES string of the molecule is COCc1nc(Cl)cc(Nc2cc(Cl)c(C)cc2Cl)n1. The van der Waals surface area contributed by atoms with Gasteiger partial charge in [-0.3, -0.25) is 0 Å². The highest BCUT2D eigenvalue weighted by Crippen LogP contribution is 2.31. The molecular weight excluding hydrogens is 321 g/mol.